The Hall–Kier alpha value is -0.700. The van der Waals surface area contributed by atoms with E-state index in [2.05, 4.69) is 0 Å². The number of rotatable bonds is 1. The fourth-order valence-electron chi connectivity index (χ4n) is 1.60. The highest BCUT2D eigenvalue weighted by molar-refractivity contribution is 7.99. The van der Waals surface area contributed by atoms with Crippen LogP contribution in [-0.2, 0) is 5.67 Å². The van der Waals surface area contributed by atoms with Gasteiger partial charge in [-0.15, -0.1) is 0 Å². The quantitative estimate of drug-likeness (QED) is 0.748. The van der Waals surface area contributed by atoms with Crippen LogP contribution in [-0.4, -0.2) is 16.6 Å². The van der Waals surface area contributed by atoms with Gasteiger partial charge in [0.2, 0.25) is 0 Å². The second-order valence-corrected chi connectivity index (χ2v) is 4.39. The molecular weight excluding hydrogens is 187 g/mol. The Labute approximate surface area is 81.0 Å². The predicted molar refractivity (Wildman–Crippen MR) is 52.8 cm³/mol. The van der Waals surface area contributed by atoms with E-state index in [1.54, 1.807) is 36.0 Å². The van der Waals surface area contributed by atoms with E-state index in [4.69, 9.17) is 0 Å². The number of aromatic hydroxyl groups is 1. The molecule has 0 amide bonds. The molecule has 13 heavy (non-hydrogen) atoms. The molecule has 1 N–H and O–H groups in total. The van der Waals surface area contributed by atoms with Crippen molar-refractivity contribution in [3.63, 3.8) is 0 Å². The molecule has 1 aromatic carbocycles. The van der Waals surface area contributed by atoms with E-state index < -0.39 is 5.67 Å². The topological polar surface area (TPSA) is 20.2 Å². The molecule has 0 bridgehead atoms. The Morgan fingerprint density at radius 2 is 2.15 bits per heavy atom. The van der Waals surface area contributed by atoms with Crippen LogP contribution < -0.4 is 0 Å². The highest BCUT2D eigenvalue weighted by Crippen LogP contribution is 2.43. The normalized spacial score (nSPS) is 27.8. The molecule has 1 aromatic rings. The second kappa shape index (κ2) is 3.22. The number of phenols is 1. The van der Waals surface area contributed by atoms with Crippen LogP contribution in [0.5, 0.6) is 5.75 Å². The first kappa shape index (κ1) is 8.88. The maximum atomic E-state index is 14.1. The van der Waals surface area contributed by atoms with E-state index in [9.17, 15) is 9.50 Å². The number of para-hydroxylation sites is 1. The van der Waals surface area contributed by atoms with Crippen molar-refractivity contribution in [2.24, 2.45) is 0 Å². The third-order valence-corrected chi connectivity index (χ3v) is 3.51. The zero-order valence-corrected chi connectivity index (χ0v) is 7.98. The van der Waals surface area contributed by atoms with Crippen LogP contribution in [0.4, 0.5) is 4.39 Å². The summed E-state index contributed by atoms with van der Waals surface area (Å²) in [5.74, 6) is 1.38. The van der Waals surface area contributed by atoms with E-state index in [0.29, 0.717) is 17.7 Å². The summed E-state index contributed by atoms with van der Waals surface area (Å²) < 4.78 is 14.1. The minimum atomic E-state index is -1.31. The van der Waals surface area contributed by atoms with Gasteiger partial charge >= 0.3 is 0 Å². The molecule has 1 atom stereocenters. The lowest BCUT2D eigenvalue weighted by atomic mass is 9.94. The first-order valence-corrected chi connectivity index (χ1v) is 5.43. The van der Waals surface area contributed by atoms with Crippen molar-refractivity contribution in [3.05, 3.63) is 29.8 Å². The molecule has 0 aromatic heterocycles. The van der Waals surface area contributed by atoms with Crippen molar-refractivity contribution in [2.75, 3.05) is 11.5 Å². The van der Waals surface area contributed by atoms with Gasteiger partial charge in [0.15, 0.2) is 0 Å². The third-order valence-electron chi connectivity index (χ3n) is 2.36. The average molecular weight is 198 g/mol. The van der Waals surface area contributed by atoms with E-state index in [1.807, 2.05) is 0 Å². The summed E-state index contributed by atoms with van der Waals surface area (Å²) in [6, 6.07) is 6.69. The maximum Gasteiger partial charge on any atom is 0.149 e. The van der Waals surface area contributed by atoms with Gasteiger partial charge in [0.25, 0.3) is 0 Å². The smallest absolute Gasteiger partial charge is 0.149 e. The van der Waals surface area contributed by atoms with Crippen LogP contribution >= 0.6 is 11.8 Å². The molecule has 1 aliphatic rings. The second-order valence-electron chi connectivity index (χ2n) is 3.29. The fourth-order valence-corrected chi connectivity index (χ4v) is 2.84. The highest BCUT2D eigenvalue weighted by Gasteiger charge is 2.37. The zero-order valence-electron chi connectivity index (χ0n) is 7.16. The molecule has 1 saturated heterocycles. The van der Waals surface area contributed by atoms with Gasteiger partial charge in [-0.3, -0.25) is 0 Å². The van der Waals surface area contributed by atoms with Gasteiger partial charge in [0, 0.05) is 11.3 Å². The largest absolute Gasteiger partial charge is 0.508 e. The zero-order chi connectivity index (χ0) is 9.31. The predicted octanol–water partition coefficient (Wildman–Crippen LogP) is 2.69. The Bertz CT molecular complexity index is 308. The minimum Gasteiger partial charge on any atom is -0.508 e. The molecule has 1 unspecified atom stereocenters. The van der Waals surface area contributed by atoms with Crippen LogP contribution in [0.3, 0.4) is 0 Å². The van der Waals surface area contributed by atoms with Gasteiger partial charge in [0.1, 0.15) is 11.4 Å². The molecule has 0 spiro atoms. The molecule has 2 rings (SSSR count). The van der Waals surface area contributed by atoms with Gasteiger partial charge in [-0.2, -0.15) is 11.8 Å². The summed E-state index contributed by atoms with van der Waals surface area (Å²) in [5.41, 5.74) is -0.865. The summed E-state index contributed by atoms with van der Waals surface area (Å²) in [7, 11) is 0. The molecule has 0 radical (unpaired) electrons. The van der Waals surface area contributed by atoms with E-state index in [1.165, 1.54) is 0 Å². The number of thioether (sulfide) groups is 1. The standard InChI is InChI=1S/C10H11FOS/c11-10(5-6-13-7-10)8-3-1-2-4-9(8)12/h1-4,12H,5-7H2. The third kappa shape index (κ3) is 1.53. The van der Waals surface area contributed by atoms with Crippen LogP contribution in [0.15, 0.2) is 24.3 Å². The highest BCUT2D eigenvalue weighted by atomic mass is 32.2. The number of hydrogen-bond donors (Lipinski definition) is 1. The van der Waals surface area contributed by atoms with Crippen molar-refractivity contribution in [1.29, 1.82) is 0 Å². The van der Waals surface area contributed by atoms with Crippen LogP contribution in [0.25, 0.3) is 0 Å². The Balaban J connectivity index is 2.39. The average Bonchev–Trinajstić information content (AvgIpc) is 2.54. The maximum absolute atomic E-state index is 14.1. The summed E-state index contributed by atoms with van der Waals surface area (Å²) >= 11 is 1.60. The van der Waals surface area contributed by atoms with E-state index in [-0.39, 0.29) is 5.75 Å². The van der Waals surface area contributed by atoms with Crippen molar-refractivity contribution in [2.45, 2.75) is 12.1 Å². The molecule has 1 nitrogen and oxygen atoms in total. The number of halogens is 1. The van der Waals surface area contributed by atoms with Gasteiger partial charge in [-0.1, -0.05) is 18.2 Å². The lowest BCUT2D eigenvalue weighted by Gasteiger charge is -2.19. The minimum absolute atomic E-state index is 0.0764. The SMILES string of the molecule is Oc1ccccc1C1(F)CCSC1. The monoisotopic (exact) mass is 198 g/mol. The molecule has 1 aliphatic heterocycles. The Morgan fingerprint density at radius 3 is 2.77 bits per heavy atom. The van der Waals surface area contributed by atoms with Crippen LogP contribution in [0, 0.1) is 0 Å². The summed E-state index contributed by atoms with van der Waals surface area (Å²) in [6.07, 6.45) is 0.509. The van der Waals surface area contributed by atoms with Crippen molar-refractivity contribution in [1.82, 2.24) is 0 Å². The van der Waals surface area contributed by atoms with Gasteiger partial charge in [-0.05, 0) is 18.2 Å². The van der Waals surface area contributed by atoms with Crippen molar-refractivity contribution >= 4 is 11.8 Å². The van der Waals surface area contributed by atoms with E-state index in [0.717, 1.165) is 5.75 Å². The first-order chi connectivity index (χ1) is 6.22. The molecule has 1 heterocycles. The lowest BCUT2D eigenvalue weighted by molar-refractivity contribution is 0.196. The van der Waals surface area contributed by atoms with Gasteiger partial charge in [-0.25, -0.2) is 4.39 Å². The molecule has 3 heteroatoms. The van der Waals surface area contributed by atoms with Gasteiger partial charge in [0.05, 0.1) is 0 Å². The number of hydrogen-bond acceptors (Lipinski definition) is 2. The molecular formula is C10H11FOS. The Morgan fingerprint density at radius 1 is 1.38 bits per heavy atom. The molecule has 1 fully saturated rings. The molecule has 0 saturated carbocycles. The van der Waals surface area contributed by atoms with Crippen LogP contribution in [0.1, 0.15) is 12.0 Å². The van der Waals surface area contributed by atoms with Gasteiger partial charge < -0.3 is 5.11 Å². The first-order valence-electron chi connectivity index (χ1n) is 4.27. The van der Waals surface area contributed by atoms with Crippen molar-refractivity contribution in [3.8, 4) is 5.75 Å². The van der Waals surface area contributed by atoms with Crippen molar-refractivity contribution < 1.29 is 9.50 Å². The summed E-state index contributed by atoms with van der Waals surface area (Å²) in [5, 5.41) is 9.49. The Kier molecular flexibility index (Phi) is 2.20. The van der Waals surface area contributed by atoms with Crippen LogP contribution in [0.2, 0.25) is 0 Å². The number of alkyl halides is 1. The lowest BCUT2D eigenvalue weighted by Crippen LogP contribution is -2.18. The number of phenolic OH excluding ortho intramolecular Hbond substituents is 1. The fraction of sp³-hybridized carbons (Fsp3) is 0.400. The number of benzene rings is 1. The summed E-state index contributed by atoms with van der Waals surface area (Å²) in [4.78, 5) is 0. The molecule has 0 aliphatic carbocycles. The van der Waals surface area contributed by atoms with E-state index >= 15 is 0 Å². The summed E-state index contributed by atoms with van der Waals surface area (Å²) in [6.45, 7) is 0. The molecule has 70 valence electrons.